The van der Waals surface area contributed by atoms with Crippen LogP contribution >= 0.6 is 0 Å². The van der Waals surface area contributed by atoms with Crippen molar-refractivity contribution >= 4 is 10.8 Å². The molecule has 0 amide bonds. The second-order valence-corrected chi connectivity index (χ2v) is 15.7. The molecule has 0 atom stereocenters. The van der Waals surface area contributed by atoms with Crippen LogP contribution in [0.2, 0.25) is 0 Å². The fraction of sp³-hybridized carbons (Fsp3) is 0.0175. The third-order valence-electron chi connectivity index (χ3n) is 12.2. The van der Waals surface area contributed by atoms with Crippen LogP contribution < -0.4 is 9.47 Å². The first-order valence-corrected chi connectivity index (χ1v) is 20.6. The number of benzene rings is 9. The molecule has 0 saturated carbocycles. The Kier molecular flexibility index (Phi) is 8.04. The standard InChI is InChI=1S/C57H36N2O2/c1-4-16-38(17-5-1)56-58-49(36-50(59-56)43-28-27-37-15-10-11-18-39(37)33-43)42-20-14-19-40(34-42)41-29-31-51-53(35-41)61-55-52(60-51)32-30-48-54(55)46-25-12-13-26-47(46)57(48,44-21-6-2-7-22-44)45-23-8-3-9-24-45/h1-36H. The molecule has 10 aromatic rings. The highest BCUT2D eigenvalue weighted by atomic mass is 16.6. The first-order valence-electron chi connectivity index (χ1n) is 20.6. The van der Waals surface area contributed by atoms with Gasteiger partial charge in [-0.05, 0) is 86.1 Å². The summed E-state index contributed by atoms with van der Waals surface area (Å²) in [5.41, 5.74) is 13.2. The Balaban J connectivity index is 0.953. The molecule has 0 spiro atoms. The van der Waals surface area contributed by atoms with Gasteiger partial charge in [-0.25, -0.2) is 9.97 Å². The van der Waals surface area contributed by atoms with Crippen molar-refractivity contribution in [2.75, 3.05) is 0 Å². The van der Waals surface area contributed by atoms with Crippen LogP contribution in [0.1, 0.15) is 22.3 Å². The predicted octanol–water partition coefficient (Wildman–Crippen LogP) is 14.6. The molecular formula is C57H36N2O2. The lowest BCUT2D eigenvalue weighted by Gasteiger charge is -2.34. The average molecular weight is 781 g/mol. The molecule has 0 N–H and O–H groups in total. The van der Waals surface area contributed by atoms with Crippen molar-refractivity contribution in [1.29, 1.82) is 0 Å². The van der Waals surface area contributed by atoms with E-state index in [0.717, 1.165) is 56.1 Å². The van der Waals surface area contributed by atoms with Gasteiger partial charge < -0.3 is 9.47 Å². The summed E-state index contributed by atoms with van der Waals surface area (Å²) in [4.78, 5) is 10.2. The van der Waals surface area contributed by atoms with Crippen molar-refractivity contribution in [2.45, 2.75) is 5.41 Å². The molecule has 1 aromatic heterocycles. The molecule has 1 aliphatic heterocycles. The Labute approximate surface area is 354 Å². The van der Waals surface area contributed by atoms with Crippen molar-refractivity contribution in [1.82, 2.24) is 9.97 Å². The van der Waals surface area contributed by atoms with E-state index < -0.39 is 5.41 Å². The summed E-state index contributed by atoms with van der Waals surface area (Å²) in [5.74, 6) is 3.47. The SMILES string of the molecule is c1ccc(-c2nc(-c3cccc(-c4ccc5c(c4)Oc4c(ccc6c4-c4ccccc4C6(c4ccccc4)c4ccccc4)O5)c3)cc(-c3ccc4ccccc4c3)n2)cc1. The topological polar surface area (TPSA) is 44.2 Å². The van der Waals surface area contributed by atoms with Gasteiger partial charge in [0.25, 0.3) is 0 Å². The average Bonchev–Trinajstić information content (AvgIpc) is 3.65. The van der Waals surface area contributed by atoms with E-state index in [1.165, 1.54) is 33.0 Å². The van der Waals surface area contributed by atoms with E-state index in [9.17, 15) is 0 Å². The monoisotopic (exact) mass is 780 g/mol. The molecule has 0 bridgehead atoms. The van der Waals surface area contributed by atoms with Crippen LogP contribution in [-0.2, 0) is 5.41 Å². The van der Waals surface area contributed by atoms with Gasteiger partial charge in [-0.15, -0.1) is 0 Å². The van der Waals surface area contributed by atoms with Crippen molar-refractivity contribution in [2.24, 2.45) is 0 Å². The van der Waals surface area contributed by atoms with E-state index >= 15 is 0 Å². The fourth-order valence-corrected chi connectivity index (χ4v) is 9.41. The van der Waals surface area contributed by atoms with Crippen LogP contribution in [0.3, 0.4) is 0 Å². The molecule has 0 radical (unpaired) electrons. The molecule has 2 aliphatic rings. The second-order valence-electron chi connectivity index (χ2n) is 15.7. The number of rotatable bonds is 6. The third kappa shape index (κ3) is 5.68. The molecule has 1 aliphatic carbocycles. The van der Waals surface area contributed by atoms with Gasteiger partial charge >= 0.3 is 0 Å². The summed E-state index contributed by atoms with van der Waals surface area (Å²) in [6.07, 6.45) is 0. The molecule has 0 saturated heterocycles. The smallest absolute Gasteiger partial charge is 0.178 e. The molecule has 286 valence electrons. The zero-order valence-corrected chi connectivity index (χ0v) is 33.0. The van der Waals surface area contributed by atoms with E-state index in [1.807, 2.05) is 24.3 Å². The lowest BCUT2D eigenvalue weighted by Crippen LogP contribution is -2.28. The molecule has 0 fully saturated rings. The number of nitrogens with zero attached hydrogens (tertiary/aromatic N) is 2. The van der Waals surface area contributed by atoms with E-state index in [4.69, 9.17) is 19.4 Å². The fourth-order valence-electron chi connectivity index (χ4n) is 9.41. The highest BCUT2D eigenvalue weighted by Gasteiger charge is 2.48. The van der Waals surface area contributed by atoms with Crippen molar-refractivity contribution in [3.8, 4) is 79.2 Å². The van der Waals surface area contributed by atoms with E-state index in [2.05, 4.69) is 194 Å². The van der Waals surface area contributed by atoms with Gasteiger partial charge in [-0.3, -0.25) is 0 Å². The Morgan fingerprint density at radius 2 is 0.934 bits per heavy atom. The summed E-state index contributed by atoms with van der Waals surface area (Å²) in [6.45, 7) is 0. The largest absolute Gasteiger partial charge is 0.449 e. The molecule has 4 nitrogen and oxygen atoms in total. The van der Waals surface area contributed by atoms with Gasteiger partial charge in [0.1, 0.15) is 0 Å². The van der Waals surface area contributed by atoms with Crippen LogP contribution in [0.5, 0.6) is 23.0 Å². The Hall–Kier alpha value is -8.08. The lowest BCUT2D eigenvalue weighted by molar-refractivity contribution is 0.360. The number of fused-ring (bicyclic) bond motifs is 7. The molecule has 12 rings (SSSR count). The lowest BCUT2D eigenvalue weighted by atomic mass is 9.68. The minimum atomic E-state index is -0.537. The van der Waals surface area contributed by atoms with E-state index in [0.29, 0.717) is 23.1 Å². The quantitative estimate of drug-likeness (QED) is 0.169. The molecule has 9 aromatic carbocycles. The van der Waals surface area contributed by atoms with E-state index in [1.54, 1.807) is 0 Å². The highest BCUT2D eigenvalue weighted by molar-refractivity contribution is 5.92. The van der Waals surface area contributed by atoms with Crippen molar-refractivity contribution in [3.05, 3.63) is 241 Å². The van der Waals surface area contributed by atoms with Gasteiger partial charge in [-0.1, -0.05) is 182 Å². The maximum Gasteiger partial charge on any atom is 0.178 e. The van der Waals surface area contributed by atoms with Gasteiger partial charge in [0.15, 0.2) is 28.8 Å². The van der Waals surface area contributed by atoms with Crippen molar-refractivity contribution in [3.63, 3.8) is 0 Å². The van der Waals surface area contributed by atoms with Crippen LogP contribution in [0.25, 0.3) is 66.9 Å². The summed E-state index contributed by atoms with van der Waals surface area (Å²) in [6, 6.07) is 76.6. The van der Waals surface area contributed by atoms with Crippen LogP contribution in [0.4, 0.5) is 0 Å². The molecular weight excluding hydrogens is 745 g/mol. The Morgan fingerprint density at radius 1 is 0.344 bits per heavy atom. The number of hydrogen-bond donors (Lipinski definition) is 0. The Bertz CT molecular complexity index is 3270. The molecule has 61 heavy (non-hydrogen) atoms. The maximum absolute atomic E-state index is 7.03. The first kappa shape index (κ1) is 34.9. The molecule has 0 unspecified atom stereocenters. The zero-order chi connectivity index (χ0) is 40.3. The zero-order valence-electron chi connectivity index (χ0n) is 33.0. The van der Waals surface area contributed by atoms with Gasteiger partial charge in [0.2, 0.25) is 0 Å². The summed E-state index contributed by atoms with van der Waals surface area (Å²) < 4.78 is 13.7. The number of hydrogen-bond acceptors (Lipinski definition) is 4. The van der Waals surface area contributed by atoms with E-state index in [-0.39, 0.29) is 0 Å². The number of aromatic nitrogens is 2. The minimum Gasteiger partial charge on any atom is -0.449 e. The minimum absolute atomic E-state index is 0.537. The number of ether oxygens (including phenoxy) is 2. The maximum atomic E-state index is 7.03. The van der Waals surface area contributed by atoms with Crippen LogP contribution in [0, 0.1) is 0 Å². The second kappa shape index (κ2) is 14.0. The van der Waals surface area contributed by atoms with Crippen molar-refractivity contribution < 1.29 is 9.47 Å². The summed E-state index contributed by atoms with van der Waals surface area (Å²) in [5, 5.41) is 2.37. The van der Waals surface area contributed by atoms with Gasteiger partial charge in [-0.2, -0.15) is 0 Å². The first-order chi connectivity index (χ1) is 30.2. The van der Waals surface area contributed by atoms with Crippen LogP contribution in [0.15, 0.2) is 218 Å². The highest BCUT2D eigenvalue weighted by Crippen LogP contribution is 2.62. The summed E-state index contributed by atoms with van der Waals surface area (Å²) in [7, 11) is 0. The normalized spacial score (nSPS) is 13.0. The molecule has 4 heteroatoms. The summed E-state index contributed by atoms with van der Waals surface area (Å²) >= 11 is 0. The predicted molar refractivity (Wildman–Crippen MR) is 245 cm³/mol. The third-order valence-corrected chi connectivity index (χ3v) is 12.2. The van der Waals surface area contributed by atoms with Crippen LogP contribution in [-0.4, -0.2) is 9.97 Å². The van der Waals surface area contributed by atoms with Gasteiger partial charge in [0.05, 0.1) is 16.8 Å². The van der Waals surface area contributed by atoms with Gasteiger partial charge in [0, 0.05) is 22.3 Å². The molecule has 2 heterocycles. The Morgan fingerprint density at radius 3 is 1.70 bits per heavy atom.